The van der Waals surface area contributed by atoms with E-state index in [2.05, 4.69) is 0 Å². The highest BCUT2D eigenvalue weighted by atomic mass is 16.6. The Morgan fingerprint density at radius 1 is 0.880 bits per heavy atom. The Labute approximate surface area is 144 Å². The molecule has 0 amide bonds. The molecule has 1 fully saturated rings. The van der Waals surface area contributed by atoms with Gasteiger partial charge >= 0.3 is 11.9 Å². The van der Waals surface area contributed by atoms with Gasteiger partial charge in [-0.2, -0.15) is 0 Å². The minimum absolute atomic E-state index is 0.393. The number of para-hydroxylation sites is 2. The van der Waals surface area contributed by atoms with Gasteiger partial charge < -0.3 is 23.7 Å². The monoisotopic (exact) mass is 346 g/mol. The van der Waals surface area contributed by atoms with Gasteiger partial charge in [-0.15, -0.1) is 0 Å². The van der Waals surface area contributed by atoms with Crippen LogP contribution in [0.15, 0.2) is 35.8 Å². The van der Waals surface area contributed by atoms with E-state index >= 15 is 0 Å². The van der Waals surface area contributed by atoms with Crippen molar-refractivity contribution in [1.29, 1.82) is 0 Å². The van der Waals surface area contributed by atoms with E-state index in [0.29, 0.717) is 23.0 Å². The highest BCUT2D eigenvalue weighted by molar-refractivity contribution is 5.87. The summed E-state index contributed by atoms with van der Waals surface area (Å²) < 4.78 is 28.1. The maximum atomic E-state index is 12.5. The molecule has 3 heterocycles. The Morgan fingerprint density at radius 3 is 1.64 bits per heavy atom. The first kappa shape index (κ1) is 16.0. The van der Waals surface area contributed by atoms with Crippen LogP contribution in [0.25, 0.3) is 0 Å². The van der Waals surface area contributed by atoms with Gasteiger partial charge in [0.1, 0.15) is 23.0 Å². The Hall–Kier alpha value is -2.54. The highest BCUT2D eigenvalue weighted by Gasteiger charge is 2.75. The van der Waals surface area contributed by atoms with Crippen molar-refractivity contribution in [1.82, 2.24) is 0 Å². The summed E-state index contributed by atoms with van der Waals surface area (Å²) in [4.78, 5) is 24.9. The van der Waals surface area contributed by atoms with Gasteiger partial charge in [-0.3, -0.25) is 9.59 Å². The number of hydrogen-bond donors (Lipinski definition) is 0. The fourth-order valence-corrected chi connectivity index (χ4v) is 4.14. The summed E-state index contributed by atoms with van der Waals surface area (Å²) in [5, 5.41) is 0. The molecule has 0 radical (unpaired) electrons. The van der Waals surface area contributed by atoms with Crippen molar-refractivity contribution in [2.45, 2.75) is 25.0 Å². The predicted octanol–water partition coefficient (Wildman–Crippen LogP) is 1.81. The number of rotatable bonds is 2. The quantitative estimate of drug-likeness (QED) is 0.756. The average molecular weight is 346 g/mol. The lowest BCUT2D eigenvalue weighted by Gasteiger charge is -2.37. The van der Waals surface area contributed by atoms with Gasteiger partial charge in [0.05, 0.1) is 14.2 Å². The standard InChI is InChI=1S/C18H18O7/c1-17-11(15(19)21-3)12(16(20)22-4)18(2,25-17)14-13(17)23-9-7-5-6-8-10(9)24-14/h5-8,11-12H,1-4H3/t11?,12?,17-,18+. The van der Waals surface area contributed by atoms with Gasteiger partial charge in [0.25, 0.3) is 0 Å². The van der Waals surface area contributed by atoms with Gasteiger partial charge in [-0.25, -0.2) is 0 Å². The SMILES string of the molecule is COC(=O)C1C(C(=O)OC)[C@]2(C)O[C@@]1(C)C1=C2Oc2ccccc2O1. The molecular formula is C18H18O7. The number of esters is 2. The number of carbonyl (C=O) groups excluding carboxylic acids is 2. The molecule has 0 aromatic heterocycles. The molecule has 0 aliphatic carbocycles. The third kappa shape index (κ3) is 1.84. The first-order valence-corrected chi connectivity index (χ1v) is 7.92. The number of benzene rings is 1. The van der Waals surface area contributed by atoms with E-state index in [1.54, 1.807) is 26.0 Å². The zero-order valence-corrected chi connectivity index (χ0v) is 14.3. The minimum atomic E-state index is -1.19. The summed E-state index contributed by atoms with van der Waals surface area (Å²) in [5.41, 5.74) is -2.38. The summed E-state index contributed by atoms with van der Waals surface area (Å²) in [6.07, 6.45) is 0. The maximum absolute atomic E-state index is 12.5. The lowest BCUT2D eigenvalue weighted by atomic mass is 9.69. The smallest absolute Gasteiger partial charge is 0.313 e. The van der Waals surface area contributed by atoms with Crippen LogP contribution >= 0.6 is 0 Å². The Morgan fingerprint density at radius 2 is 1.28 bits per heavy atom. The van der Waals surface area contributed by atoms with Crippen molar-refractivity contribution in [2.24, 2.45) is 11.8 Å². The molecule has 2 unspecified atom stereocenters. The molecule has 3 aliphatic rings. The first-order chi connectivity index (χ1) is 11.9. The molecule has 1 aromatic rings. The number of fused-ring (bicyclic) bond motifs is 5. The van der Waals surface area contributed by atoms with Crippen molar-refractivity contribution in [2.75, 3.05) is 14.2 Å². The molecule has 0 spiro atoms. The van der Waals surface area contributed by atoms with Crippen molar-refractivity contribution in [3.8, 4) is 11.5 Å². The summed E-state index contributed by atoms with van der Waals surface area (Å²) in [7, 11) is 2.55. The largest absolute Gasteiger partial charge is 0.469 e. The molecule has 7 nitrogen and oxygen atoms in total. The van der Waals surface area contributed by atoms with Crippen molar-refractivity contribution in [3.63, 3.8) is 0 Å². The van der Waals surface area contributed by atoms with E-state index in [1.807, 2.05) is 12.1 Å². The number of methoxy groups -OCH3 is 2. The molecule has 0 N–H and O–H groups in total. The molecule has 1 saturated heterocycles. The Kier molecular flexibility index (Phi) is 3.18. The molecule has 3 aliphatic heterocycles. The van der Waals surface area contributed by atoms with Crippen molar-refractivity contribution < 1.29 is 33.3 Å². The predicted molar refractivity (Wildman–Crippen MR) is 83.6 cm³/mol. The summed E-state index contributed by atoms with van der Waals surface area (Å²) in [6, 6.07) is 7.17. The molecular weight excluding hydrogens is 328 g/mol. The van der Waals surface area contributed by atoms with E-state index in [0.717, 1.165) is 0 Å². The van der Waals surface area contributed by atoms with E-state index in [4.69, 9.17) is 23.7 Å². The number of carbonyl (C=O) groups is 2. The van der Waals surface area contributed by atoms with Crippen LogP contribution in [0.5, 0.6) is 11.5 Å². The minimum Gasteiger partial charge on any atom is -0.469 e. The second-order valence-electron chi connectivity index (χ2n) is 6.63. The van der Waals surface area contributed by atoms with Crippen LogP contribution in [0, 0.1) is 11.8 Å². The Bertz CT molecular complexity index is 748. The average Bonchev–Trinajstić information content (AvgIpc) is 3.00. The van der Waals surface area contributed by atoms with Crippen LogP contribution in [0.2, 0.25) is 0 Å². The van der Waals surface area contributed by atoms with Crippen LogP contribution in [-0.2, 0) is 23.8 Å². The van der Waals surface area contributed by atoms with E-state index < -0.39 is 35.0 Å². The molecule has 2 bridgehead atoms. The van der Waals surface area contributed by atoms with Gasteiger partial charge in [-0.05, 0) is 26.0 Å². The molecule has 132 valence electrons. The zero-order chi connectivity index (χ0) is 18.0. The van der Waals surface area contributed by atoms with E-state index in [1.165, 1.54) is 14.2 Å². The van der Waals surface area contributed by atoms with Crippen molar-refractivity contribution >= 4 is 11.9 Å². The first-order valence-electron chi connectivity index (χ1n) is 7.92. The highest BCUT2D eigenvalue weighted by Crippen LogP contribution is 2.62. The summed E-state index contributed by atoms with van der Waals surface area (Å²) in [6.45, 7) is 3.41. The molecule has 1 aromatic carbocycles. The topological polar surface area (TPSA) is 80.3 Å². The molecule has 4 rings (SSSR count). The molecule has 0 saturated carbocycles. The maximum Gasteiger partial charge on any atom is 0.313 e. The van der Waals surface area contributed by atoms with Crippen LogP contribution < -0.4 is 9.47 Å². The molecule has 4 atom stereocenters. The van der Waals surface area contributed by atoms with Crippen LogP contribution in [0.1, 0.15) is 13.8 Å². The van der Waals surface area contributed by atoms with Crippen LogP contribution in [0.3, 0.4) is 0 Å². The van der Waals surface area contributed by atoms with E-state index in [9.17, 15) is 9.59 Å². The second kappa shape index (κ2) is 4.98. The fourth-order valence-electron chi connectivity index (χ4n) is 4.14. The van der Waals surface area contributed by atoms with Gasteiger partial charge in [0, 0.05) is 0 Å². The lowest BCUT2D eigenvalue weighted by Crippen LogP contribution is -2.51. The van der Waals surface area contributed by atoms with Crippen LogP contribution in [0.4, 0.5) is 0 Å². The van der Waals surface area contributed by atoms with Gasteiger partial charge in [0.15, 0.2) is 23.0 Å². The number of ether oxygens (including phenoxy) is 5. The lowest BCUT2D eigenvalue weighted by molar-refractivity contribution is -0.159. The van der Waals surface area contributed by atoms with E-state index in [-0.39, 0.29) is 0 Å². The van der Waals surface area contributed by atoms with Gasteiger partial charge in [0.2, 0.25) is 0 Å². The summed E-state index contributed by atoms with van der Waals surface area (Å²) in [5.74, 6) is -1.08. The third-order valence-electron chi connectivity index (χ3n) is 5.24. The van der Waals surface area contributed by atoms with Gasteiger partial charge in [-0.1, -0.05) is 12.1 Å². The number of hydrogen-bond acceptors (Lipinski definition) is 7. The third-order valence-corrected chi connectivity index (χ3v) is 5.24. The molecule has 7 heteroatoms. The molecule has 25 heavy (non-hydrogen) atoms. The second-order valence-corrected chi connectivity index (χ2v) is 6.63. The normalized spacial score (nSPS) is 34.6. The Balaban J connectivity index is 1.88. The van der Waals surface area contributed by atoms with Crippen molar-refractivity contribution in [3.05, 3.63) is 35.8 Å². The fraction of sp³-hybridized carbons (Fsp3) is 0.444. The zero-order valence-electron chi connectivity index (χ0n) is 14.3. The van der Waals surface area contributed by atoms with Crippen LogP contribution in [-0.4, -0.2) is 37.4 Å². The summed E-state index contributed by atoms with van der Waals surface area (Å²) >= 11 is 0.